The maximum absolute atomic E-state index is 6.12. The molecule has 0 radical (unpaired) electrons. The number of hydrogen-bond acceptors (Lipinski definition) is 2. The molecule has 0 saturated heterocycles. The predicted octanol–water partition coefficient (Wildman–Crippen LogP) is 5.84. The van der Waals surface area contributed by atoms with Crippen molar-refractivity contribution in [3.05, 3.63) is 57.2 Å². The second kappa shape index (κ2) is 7.26. The first-order valence-electron chi connectivity index (χ1n) is 7.16. The van der Waals surface area contributed by atoms with Crippen molar-refractivity contribution >= 4 is 22.9 Å². The summed E-state index contributed by atoms with van der Waals surface area (Å²) in [7, 11) is 0. The molecule has 108 valence electrons. The molecule has 20 heavy (non-hydrogen) atoms. The zero-order chi connectivity index (χ0) is 14.5. The Morgan fingerprint density at radius 3 is 2.55 bits per heavy atom. The van der Waals surface area contributed by atoms with E-state index in [0.29, 0.717) is 18.0 Å². The number of nitrogens with one attached hydrogen (secondary N) is 1. The molecular weight excluding hydrogens is 286 g/mol. The first kappa shape index (κ1) is 15.6. The number of thiophene rings is 1. The Balaban J connectivity index is 2.19. The van der Waals surface area contributed by atoms with Crippen LogP contribution in [0.25, 0.3) is 0 Å². The average Bonchev–Trinajstić information content (AvgIpc) is 2.93. The molecule has 1 heterocycles. The third kappa shape index (κ3) is 3.85. The first-order chi connectivity index (χ1) is 9.61. The van der Waals surface area contributed by atoms with Crippen molar-refractivity contribution in [3.63, 3.8) is 0 Å². The van der Waals surface area contributed by atoms with Gasteiger partial charge in [-0.15, -0.1) is 11.3 Å². The summed E-state index contributed by atoms with van der Waals surface area (Å²) in [4.78, 5) is 1.40. The molecule has 2 atom stereocenters. The lowest BCUT2D eigenvalue weighted by Gasteiger charge is -2.27. The highest BCUT2D eigenvalue weighted by molar-refractivity contribution is 7.10. The van der Waals surface area contributed by atoms with Gasteiger partial charge in [-0.1, -0.05) is 50.6 Å². The van der Waals surface area contributed by atoms with Crippen LogP contribution in [0.15, 0.2) is 41.8 Å². The highest BCUT2D eigenvalue weighted by Crippen LogP contribution is 2.30. The van der Waals surface area contributed by atoms with E-state index in [2.05, 4.69) is 55.7 Å². The van der Waals surface area contributed by atoms with Gasteiger partial charge in [0.15, 0.2) is 0 Å². The van der Waals surface area contributed by atoms with Crippen LogP contribution in [0.5, 0.6) is 0 Å². The summed E-state index contributed by atoms with van der Waals surface area (Å²) in [5.74, 6) is 0.557. The number of hydrogen-bond donors (Lipinski definition) is 1. The van der Waals surface area contributed by atoms with Gasteiger partial charge in [0.25, 0.3) is 0 Å². The number of rotatable bonds is 6. The van der Waals surface area contributed by atoms with Crippen LogP contribution in [-0.4, -0.2) is 0 Å². The molecule has 0 aliphatic heterocycles. The Hall–Kier alpha value is -0.830. The monoisotopic (exact) mass is 307 g/mol. The molecular formula is C17H22ClNS. The largest absolute Gasteiger partial charge is 0.302 e. The van der Waals surface area contributed by atoms with E-state index in [1.165, 1.54) is 10.4 Å². The van der Waals surface area contributed by atoms with Crippen molar-refractivity contribution in [2.45, 2.75) is 39.3 Å². The summed E-state index contributed by atoms with van der Waals surface area (Å²) in [5.41, 5.74) is 1.27. The Labute approximate surface area is 131 Å². The van der Waals surface area contributed by atoms with Crippen LogP contribution in [0.4, 0.5) is 0 Å². The molecule has 0 fully saturated rings. The zero-order valence-corrected chi connectivity index (χ0v) is 13.8. The molecule has 1 aromatic carbocycles. The molecule has 0 spiro atoms. The second-order valence-corrected chi connectivity index (χ2v) is 6.84. The lowest BCUT2D eigenvalue weighted by Crippen LogP contribution is -2.29. The molecule has 0 bridgehead atoms. The van der Waals surface area contributed by atoms with Gasteiger partial charge in [0.1, 0.15) is 0 Å². The van der Waals surface area contributed by atoms with Crippen LogP contribution >= 0.6 is 22.9 Å². The lowest BCUT2D eigenvalue weighted by atomic mass is 9.98. The molecule has 2 unspecified atom stereocenters. The zero-order valence-electron chi connectivity index (χ0n) is 12.3. The first-order valence-corrected chi connectivity index (χ1v) is 8.42. The van der Waals surface area contributed by atoms with Crippen molar-refractivity contribution in [2.24, 2.45) is 5.92 Å². The van der Waals surface area contributed by atoms with E-state index in [1.54, 1.807) is 0 Å². The van der Waals surface area contributed by atoms with Gasteiger partial charge in [-0.3, -0.25) is 0 Å². The summed E-state index contributed by atoms with van der Waals surface area (Å²) in [6.07, 6.45) is 1.05. The van der Waals surface area contributed by atoms with E-state index in [9.17, 15) is 0 Å². The van der Waals surface area contributed by atoms with Crippen LogP contribution in [0.2, 0.25) is 5.02 Å². The Morgan fingerprint density at radius 2 is 2.00 bits per heavy atom. The molecule has 3 heteroatoms. The normalized spacial score (nSPS) is 14.4. The molecule has 0 saturated carbocycles. The summed E-state index contributed by atoms with van der Waals surface area (Å²) in [6.45, 7) is 6.74. The van der Waals surface area contributed by atoms with E-state index >= 15 is 0 Å². The van der Waals surface area contributed by atoms with Gasteiger partial charge in [-0.25, -0.2) is 0 Å². The molecule has 2 rings (SSSR count). The topological polar surface area (TPSA) is 12.0 Å². The predicted molar refractivity (Wildman–Crippen MR) is 89.5 cm³/mol. The minimum Gasteiger partial charge on any atom is -0.302 e. The second-order valence-electron chi connectivity index (χ2n) is 5.42. The standard InChI is InChI=1S/C17H22ClNS/c1-4-15(13-7-5-8-14(18)11-13)19-17(12(2)3)16-9-6-10-20-16/h5-12,15,17,19H,4H2,1-3H3. The van der Waals surface area contributed by atoms with E-state index < -0.39 is 0 Å². The molecule has 1 aromatic heterocycles. The SMILES string of the molecule is CCC(NC(c1cccs1)C(C)C)c1cccc(Cl)c1. The van der Waals surface area contributed by atoms with Gasteiger partial charge in [-0.2, -0.15) is 0 Å². The molecule has 0 aliphatic rings. The third-order valence-corrected chi connectivity index (χ3v) is 4.75. The molecule has 0 amide bonds. The van der Waals surface area contributed by atoms with E-state index in [-0.39, 0.29) is 0 Å². The molecule has 2 aromatic rings. The fourth-order valence-corrected chi connectivity index (χ4v) is 3.62. The van der Waals surface area contributed by atoms with Gasteiger partial charge in [0, 0.05) is 22.0 Å². The van der Waals surface area contributed by atoms with Crippen molar-refractivity contribution in [1.82, 2.24) is 5.32 Å². The number of benzene rings is 1. The highest BCUT2D eigenvalue weighted by Gasteiger charge is 2.21. The van der Waals surface area contributed by atoms with Gasteiger partial charge >= 0.3 is 0 Å². The lowest BCUT2D eigenvalue weighted by molar-refractivity contribution is 0.361. The number of halogens is 1. The van der Waals surface area contributed by atoms with E-state index in [4.69, 9.17) is 11.6 Å². The fourth-order valence-electron chi connectivity index (χ4n) is 2.46. The van der Waals surface area contributed by atoms with Gasteiger partial charge in [0.2, 0.25) is 0 Å². The maximum Gasteiger partial charge on any atom is 0.0442 e. The highest BCUT2D eigenvalue weighted by atomic mass is 35.5. The van der Waals surface area contributed by atoms with Crippen LogP contribution < -0.4 is 5.32 Å². The van der Waals surface area contributed by atoms with Crippen molar-refractivity contribution in [3.8, 4) is 0 Å². The summed E-state index contributed by atoms with van der Waals surface area (Å²) in [5, 5.41) is 6.75. The third-order valence-electron chi connectivity index (χ3n) is 3.56. The smallest absolute Gasteiger partial charge is 0.0442 e. The van der Waals surface area contributed by atoms with Gasteiger partial charge in [0.05, 0.1) is 0 Å². The van der Waals surface area contributed by atoms with E-state index in [0.717, 1.165) is 11.4 Å². The van der Waals surface area contributed by atoms with Crippen molar-refractivity contribution in [1.29, 1.82) is 0 Å². The Kier molecular flexibility index (Phi) is 5.64. The minimum absolute atomic E-state index is 0.336. The van der Waals surface area contributed by atoms with Crippen molar-refractivity contribution in [2.75, 3.05) is 0 Å². The summed E-state index contributed by atoms with van der Waals surface area (Å²) in [6, 6.07) is 13.2. The average molecular weight is 308 g/mol. The van der Waals surface area contributed by atoms with E-state index in [1.807, 2.05) is 23.5 Å². The summed E-state index contributed by atoms with van der Waals surface area (Å²) < 4.78 is 0. The van der Waals surface area contributed by atoms with Crippen molar-refractivity contribution < 1.29 is 0 Å². The van der Waals surface area contributed by atoms with Crippen LogP contribution in [-0.2, 0) is 0 Å². The van der Waals surface area contributed by atoms with Gasteiger partial charge in [-0.05, 0) is 41.5 Å². The van der Waals surface area contributed by atoms with Crippen LogP contribution in [0.3, 0.4) is 0 Å². The molecule has 1 N–H and O–H groups in total. The van der Waals surface area contributed by atoms with Crippen LogP contribution in [0.1, 0.15) is 49.7 Å². The molecule has 0 aliphatic carbocycles. The Morgan fingerprint density at radius 1 is 1.20 bits per heavy atom. The fraction of sp³-hybridized carbons (Fsp3) is 0.412. The maximum atomic E-state index is 6.12. The van der Waals surface area contributed by atoms with Gasteiger partial charge < -0.3 is 5.32 Å². The quantitative estimate of drug-likeness (QED) is 0.707. The minimum atomic E-state index is 0.336. The Bertz CT molecular complexity index is 522. The molecule has 1 nitrogen and oxygen atoms in total. The van der Waals surface area contributed by atoms with Crippen LogP contribution in [0, 0.1) is 5.92 Å². The summed E-state index contributed by atoms with van der Waals surface area (Å²) >= 11 is 7.94.